The highest BCUT2D eigenvalue weighted by Crippen LogP contribution is 2.12. The van der Waals surface area contributed by atoms with Gasteiger partial charge in [0.05, 0.1) is 19.8 Å². The van der Waals surface area contributed by atoms with Crippen LogP contribution in [-0.2, 0) is 16.1 Å². The fourth-order valence-electron chi connectivity index (χ4n) is 2.62. The Morgan fingerprint density at radius 2 is 1.87 bits per heavy atom. The van der Waals surface area contributed by atoms with Gasteiger partial charge in [0.2, 0.25) is 5.91 Å². The highest BCUT2D eigenvalue weighted by molar-refractivity contribution is 5.77. The van der Waals surface area contributed by atoms with Crippen molar-refractivity contribution in [2.45, 2.75) is 19.6 Å². The predicted molar refractivity (Wildman–Crippen MR) is 87.4 cm³/mol. The van der Waals surface area contributed by atoms with Gasteiger partial charge in [-0.2, -0.15) is 0 Å². The first-order chi connectivity index (χ1) is 11.1. The van der Waals surface area contributed by atoms with Crippen LogP contribution in [0.15, 0.2) is 24.3 Å². The number of methoxy groups -OCH3 is 1. The fraction of sp³-hybridized carbons (Fsp3) is 0.588. The molecule has 1 aromatic carbocycles. The summed E-state index contributed by atoms with van der Waals surface area (Å²) in [5.74, 6) is 0.829. The molecule has 0 aliphatic carbocycles. The largest absolute Gasteiger partial charge is 0.497 e. The monoisotopic (exact) mass is 322 g/mol. The normalized spacial score (nSPS) is 17.1. The van der Waals surface area contributed by atoms with Gasteiger partial charge in [-0.05, 0) is 24.6 Å². The molecule has 1 amide bonds. The van der Waals surface area contributed by atoms with Gasteiger partial charge < -0.3 is 19.5 Å². The van der Waals surface area contributed by atoms with Crippen LogP contribution in [0, 0.1) is 0 Å². The van der Waals surface area contributed by atoms with E-state index < -0.39 is 0 Å². The minimum Gasteiger partial charge on any atom is -0.497 e. The van der Waals surface area contributed by atoms with Crippen LogP contribution in [0.5, 0.6) is 5.75 Å². The number of carbonyl (C=O) groups excluding carboxylic acids is 1. The van der Waals surface area contributed by atoms with Crippen molar-refractivity contribution in [2.24, 2.45) is 0 Å². The van der Waals surface area contributed by atoms with Gasteiger partial charge in [0, 0.05) is 32.7 Å². The number of ether oxygens (including phenoxy) is 2. The van der Waals surface area contributed by atoms with E-state index in [1.807, 2.05) is 29.2 Å². The lowest BCUT2D eigenvalue weighted by atomic mass is 10.2. The van der Waals surface area contributed by atoms with Crippen LogP contribution in [0.3, 0.4) is 0 Å². The van der Waals surface area contributed by atoms with Crippen LogP contribution < -0.4 is 4.74 Å². The third-order valence-electron chi connectivity index (χ3n) is 3.90. The molecule has 128 valence electrons. The molecule has 6 nitrogen and oxygen atoms in total. The number of amides is 1. The summed E-state index contributed by atoms with van der Waals surface area (Å²) in [5, 5.41) is 9.39. The fourth-order valence-corrected chi connectivity index (χ4v) is 2.62. The second kappa shape index (κ2) is 8.86. The number of piperazine rings is 1. The number of hydrogen-bond acceptors (Lipinski definition) is 5. The second-order valence-corrected chi connectivity index (χ2v) is 5.87. The van der Waals surface area contributed by atoms with Crippen molar-refractivity contribution in [2.75, 3.05) is 46.4 Å². The summed E-state index contributed by atoms with van der Waals surface area (Å²) in [6, 6.07) is 7.61. The Morgan fingerprint density at radius 1 is 1.22 bits per heavy atom. The molecule has 0 spiro atoms. The van der Waals surface area contributed by atoms with E-state index in [0.717, 1.165) is 24.4 Å². The Kier molecular flexibility index (Phi) is 6.83. The highest BCUT2D eigenvalue weighted by Gasteiger charge is 2.21. The number of aliphatic hydroxyl groups excluding tert-OH is 1. The molecule has 1 aromatic rings. The summed E-state index contributed by atoms with van der Waals surface area (Å²) in [4.78, 5) is 16.1. The predicted octanol–water partition coefficient (Wildman–Crippen LogP) is 0.737. The zero-order valence-corrected chi connectivity index (χ0v) is 13.9. The summed E-state index contributed by atoms with van der Waals surface area (Å²) < 4.78 is 10.6. The molecule has 0 bridgehead atoms. The summed E-state index contributed by atoms with van der Waals surface area (Å²) in [6.45, 7) is 5.94. The highest BCUT2D eigenvalue weighted by atomic mass is 16.5. The van der Waals surface area contributed by atoms with Crippen molar-refractivity contribution in [1.82, 2.24) is 9.80 Å². The SMILES string of the molecule is COc1ccc(COCC(=O)N2CCN(CC(C)O)CC2)cc1. The van der Waals surface area contributed by atoms with Crippen molar-refractivity contribution in [3.05, 3.63) is 29.8 Å². The molecule has 0 saturated carbocycles. The van der Waals surface area contributed by atoms with Crippen LogP contribution >= 0.6 is 0 Å². The van der Waals surface area contributed by atoms with Gasteiger partial charge in [0.15, 0.2) is 0 Å². The van der Waals surface area contributed by atoms with Crippen molar-refractivity contribution >= 4 is 5.91 Å². The van der Waals surface area contributed by atoms with Crippen molar-refractivity contribution in [3.63, 3.8) is 0 Å². The summed E-state index contributed by atoms with van der Waals surface area (Å²) in [6.07, 6.45) is -0.329. The second-order valence-electron chi connectivity index (χ2n) is 5.87. The molecule has 23 heavy (non-hydrogen) atoms. The van der Waals surface area contributed by atoms with E-state index in [0.29, 0.717) is 26.2 Å². The number of benzene rings is 1. The molecule has 6 heteroatoms. The van der Waals surface area contributed by atoms with Crippen LogP contribution in [0.4, 0.5) is 0 Å². The summed E-state index contributed by atoms with van der Waals surface area (Å²) in [7, 11) is 1.63. The molecule has 2 rings (SSSR count). The number of aliphatic hydroxyl groups is 1. The minimum absolute atomic E-state index is 0.0233. The lowest BCUT2D eigenvalue weighted by molar-refractivity contribution is -0.138. The Bertz CT molecular complexity index is 482. The summed E-state index contributed by atoms with van der Waals surface area (Å²) >= 11 is 0. The van der Waals surface area contributed by atoms with Crippen LogP contribution in [0.25, 0.3) is 0 Å². The zero-order chi connectivity index (χ0) is 16.7. The minimum atomic E-state index is -0.329. The molecule has 0 aromatic heterocycles. The third kappa shape index (κ3) is 5.82. The molecule has 1 aliphatic rings. The number of nitrogens with zero attached hydrogens (tertiary/aromatic N) is 2. The quantitative estimate of drug-likeness (QED) is 0.802. The molecule has 1 aliphatic heterocycles. The lowest BCUT2D eigenvalue weighted by Crippen LogP contribution is -2.51. The Labute approximate surface area is 137 Å². The molecular weight excluding hydrogens is 296 g/mol. The average Bonchev–Trinajstić information content (AvgIpc) is 2.55. The van der Waals surface area contributed by atoms with Gasteiger partial charge in [0.1, 0.15) is 12.4 Å². The van der Waals surface area contributed by atoms with Crippen molar-refractivity contribution in [1.29, 1.82) is 0 Å². The van der Waals surface area contributed by atoms with Crippen LogP contribution in [0.1, 0.15) is 12.5 Å². The molecule has 1 N–H and O–H groups in total. The number of β-amino-alcohol motifs (C(OH)–C–C–N with tert-alkyl or cyclic N) is 1. The summed E-state index contributed by atoms with van der Waals surface area (Å²) in [5.41, 5.74) is 1.01. The molecule has 1 atom stereocenters. The Hall–Kier alpha value is -1.63. The van der Waals surface area contributed by atoms with Crippen LogP contribution in [-0.4, -0.2) is 73.4 Å². The van der Waals surface area contributed by atoms with Gasteiger partial charge in [0.25, 0.3) is 0 Å². The number of rotatable bonds is 7. The van der Waals surface area contributed by atoms with Gasteiger partial charge >= 0.3 is 0 Å². The smallest absolute Gasteiger partial charge is 0.248 e. The Morgan fingerprint density at radius 3 is 2.43 bits per heavy atom. The first-order valence-electron chi connectivity index (χ1n) is 7.97. The molecule has 1 unspecified atom stereocenters. The van der Waals surface area contributed by atoms with E-state index in [2.05, 4.69) is 4.90 Å². The van der Waals surface area contributed by atoms with Gasteiger partial charge in [-0.15, -0.1) is 0 Å². The maximum Gasteiger partial charge on any atom is 0.248 e. The van der Waals surface area contributed by atoms with E-state index in [9.17, 15) is 9.90 Å². The van der Waals surface area contributed by atoms with Crippen molar-refractivity contribution in [3.8, 4) is 5.75 Å². The number of hydrogen-bond donors (Lipinski definition) is 1. The topological polar surface area (TPSA) is 62.2 Å². The average molecular weight is 322 g/mol. The Balaban J connectivity index is 1.67. The van der Waals surface area contributed by atoms with E-state index in [1.165, 1.54) is 0 Å². The number of carbonyl (C=O) groups is 1. The van der Waals surface area contributed by atoms with Crippen LogP contribution in [0.2, 0.25) is 0 Å². The molecule has 0 radical (unpaired) electrons. The first kappa shape index (κ1) is 17.7. The van der Waals surface area contributed by atoms with E-state index in [-0.39, 0.29) is 18.6 Å². The standard InChI is InChI=1S/C17H26N2O4/c1-14(20)11-18-7-9-19(10-8-18)17(21)13-23-12-15-3-5-16(22-2)6-4-15/h3-6,14,20H,7-13H2,1-2H3. The lowest BCUT2D eigenvalue weighted by Gasteiger charge is -2.35. The molecule has 1 fully saturated rings. The van der Waals surface area contributed by atoms with E-state index in [4.69, 9.17) is 9.47 Å². The molecule has 1 heterocycles. The third-order valence-corrected chi connectivity index (χ3v) is 3.90. The van der Waals surface area contributed by atoms with Gasteiger partial charge in [-0.25, -0.2) is 0 Å². The van der Waals surface area contributed by atoms with Crippen molar-refractivity contribution < 1.29 is 19.4 Å². The molecule has 1 saturated heterocycles. The van der Waals surface area contributed by atoms with Gasteiger partial charge in [-0.1, -0.05) is 12.1 Å². The van der Waals surface area contributed by atoms with E-state index >= 15 is 0 Å². The van der Waals surface area contributed by atoms with Gasteiger partial charge in [-0.3, -0.25) is 9.69 Å². The van der Waals surface area contributed by atoms with E-state index in [1.54, 1.807) is 14.0 Å². The zero-order valence-electron chi connectivity index (χ0n) is 13.9. The first-order valence-corrected chi connectivity index (χ1v) is 7.97. The molecular formula is C17H26N2O4. The maximum atomic E-state index is 12.1. The maximum absolute atomic E-state index is 12.1.